The fraction of sp³-hybridized carbons (Fsp3) is 0.154. The molecule has 1 aliphatic heterocycles. The van der Waals surface area contributed by atoms with Crippen molar-refractivity contribution in [2.24, 2.45) is 0 Å². The number of esters is 1. The summed E-state index contributed by atoms with van der Waals surface area (Å²) in [4.78, 5) is 50.5. The Labute approximate surface area is 195 Å². The average Bonchev–Trinajstić information content (AvgIpc) is 3.31. The number of rotatable bonds is 6. The molecule has 1 aromatic heterocycles. The van der Waals surface area contributed by atoms with Gasteiger partial charge in [0, 0.05) is 5.56 Å². The van der Waals surface area contributed by atoms with E-state index in [2.05, 4.69) is 5.32 Å². The van der Waals surface area contributed by atoms with E-state index in [1.807, 2.05) is 19.1 Å². The van der Waals surface area contributed by atoms with Gasteiger partial charge in [-0.1, -0.05) is 31.2 Å². The standard InChI is InChI=1S/C26H22N2O6/c1-3-16-5-11-19(12-6-16)28-24(30)21(23(29)27-26(28)32)15-20-13-14-22(34-20)17-7-9-18(10-8-17)25(31)33-4-2/h5-15H,3-4H2,1-2H3,(H,27,29,32)/b21-15-. The summed E-state index contributed by atoms with van der Waals surface area (Å²) in [6.45, 7) is 4.02. The number of hydrogen-bond donors (Lipinski definition) is 1. The van der Waals surface area contributed by atoms with Gasteiger partial charge < -0.3 is 9.15 Å². The fourth-order valence-electron chi connectivity index (χ4n) is 3.49. The highest BCUT2D eigenvalue weighted by molar-refractivity contribution is 6.39. The molecule has 2 heterocycles. The maximum Gasteiger partial charge on any atom is 0.338 e. The van der Waals surface area contributed by atoms with Gasteiger partial charge in [0.2, 0.25) is 0 Å². The summed E-state index contributed by atoms with van der Waals surface area (Å²) in [5.41, 5.74) is 2.31. The van der Waals surface area contributed by atoms with Crippen molar-refractivity contribution in [3.05, 3.63) is 83.1 Å². The monoisotopic (exact) mass is 458 g/mol. The predicted molar refractivity (Wildman–Crippen MR) is 125 cm³/mol. The first-order valence-electron chi connectivity index (χ1n) is 10.8. The quantitative estimate of drug-likeness (QED) is 0.334. The molecular weight excluding hydrogens is 436 g/mol. The number of benzene rings is 2. The third kappa shape index (κ3) is 4.52. The molecule has 172 valence electrons. The molecule has 2 aromatic carbocycles. The van der Waals surface area contributed by atoms with Gasteiger partial charge in [0.15, 0.2) is 0 Å². The van der Waals surface area contributed by atoms with Crippen LogP contribution in [-0.4, -0.2) is 30.4 Å². The van der Waals surface area contributed by atoms with Gasteiger partial charge in [-0.2, -0.15) is 0 Å². The van der Waals surface area contributed by atoms with Crippen LogP contribution in [0.4, 0.5) is 10.5 Å². The molecule has 0 unspecified atom stereocenters. The average molecular weight is 458 g/mol. The molecule has 4 amide bonds. The number of carbonyl (C=O) groups excluding carboxylic acids is 4. The van der Waals surface area contributed by atoms with Gasteiger partial charge in [-0.3, -0.25) is 14.9 Å². The second kappa shape index (κ2) is 9.58. The van der Waals surface area contributed by atoms with Crippen LogP contribution in [-0.2, 0) is 20.7 Å². The van der Waals surface area contributed by atoms with Crippen LogP contribution in [0.25, 0.3) is 17.4 Å². The number of barbiturate groups is 1. The zero-order valence-corrected chi connectivity index (χ0v) is 18.7. The van der Waals surface area contributed by atoms with Crippen molar-refractivity contribution < 1.29 is 28.3 Å². The van der Waals surface area contributed by atoms with E-state index in [-0.39, 0.29) is 17.9 Å². The van der Waals surface area contributed by atoms with Crippen molar-refractivity contribution in [1.82, 2.24) is 5.32 Å². The number of aryl methyl sites for hydroxylation is 1. The molecule has 1 aliphatic rings. The number of nitrogens with zero attached hydrogens (tertiary/aromatic N) is 1. The Kier molecular flexibility index (Phi) is 6.40. The summed E-state index contributed by atoms with van der Waals surface area (Å²) in [7, 11) is 0. The Morgan fingerprint density at radius 1 is 0.971 bits per heavy atom. The molecule has 0 radical (unpaired) electrons. The van der Waals surface area contributed by atoms with Crippen molar-refractivity contribution in [3.63, 3.8) is 0 Å². The Hall–Kier alpha value is -4.46. The van der Waals surface area contributed by atoms with E-state index in [4.69, 9.17) is 9.15 Å². The summed E-state index contributed by atoms with van der Waals surface area (Å²) < 4.78 is 10.8. The molecule has 8 heteroatoms. The number of furan rings is 1. The molecule has 0 aliphatic carbocycles. The largest absolute Gasteiger partial charge is 0.462 e. The maximum atomic E-state index is 13.0. The highest BCUT2D eigenvalue weighted by Gasteiger charge is 2.37. The number of hydrogen-bond acceptors (Lipinski definition) is 6. The van der Waals surface area contributed by atoms with Crippen LogP contribution in [0.15, 0.2) is 70.7 Å². The summed E-state index contributed by atoms with van der Waals surface area (Å²) in [6, 6.07) is 16.1. The maximum absolute atomic E-state index is 13.0. The van der Waals surface area contributed by atoms with Crippen LogP contribution in [0.5, 0.6) is 0 Å². The minimum Gasteiger partial charge on any atom is -0.462 e. The molecule has 3 aromatic rings. The van der Waals surface area contributed by atoms with Crippen LogP contribution in [0, 0.1) is 0 Å². The molecule has 1 fully saturated rings. The predicted octanol–water partition coefficient (Wildman–Crippen LogP) is 4.35. The van der Waals surface area contributed by atoms with E-state index in [9.17, 15) is 19.2 Å². The minimum atomic E-state index is -0.807. The van der Waals surface area contributed by atoms with Crippen LogP contribution in [0.2, 0.25) is 0 Å². The van der Waals surface area contributed by atoms with Gasteiger partial charge in [0.25, 0.3) is 11.8 Å². The molecule has 0 bridgehead atoms. The summed E-state index contributed by atoms with van der Waals surface area (Å²) in [5, 5.41) is 2.20. The second-order valence-electron chi connectivity index (χ2n) is 7.48. The van der Waals surface area contributed by atoms with Crippen molar-refractivity contribution >= 4 is 35.6 Å². The highest BCUT2D eigenvalue weighted by atomic mass is 16.5. The lowest BCUT2D eigenvalue weighted by atomic mass is 10.1. The van der Waals surface area contributed by atoms with Gasteiger partial charge in [-0.25, -0.2) is 14.5 Å². The third-order valence-corrected chi connectivity index (χ3v) is 5.30. The first-order chi connectivity index (χ1) is 16.4. The Bertz CT molecular complexity index is 1290. The topological polar surface area (TPSA) is 106 Å². The Morgan fingerprint density at radius 3 is 2.32 bits per heavy atom. The van der Waals surface area contributed by atoms with Crippen LogP contribution in [0.3, 0.4) is 0 Å². The van der Waals surface area contributed by atoms with Crippen molar-refractivity contribution in [1.29, 1.82) is 0 Å². The van der Waals surface area contributed by atoms with Crippen molar-refractivity contribution in [2.75, 3.05) is 11.5 Å². The molecule has 0 spiro atoms. The van der Waals surface area contributed by atoms with E-state index < -0.39 is 23.8 Å². The van der Waals surface area contributed by atoms with Crippen LogP contribution < -0.4 is 10.2 Å². The number of urea groups is 1. The van der Waals surface area contributed by atoms with Crippen molar-refractivity contribution in [2.45, 2.75) is 20.3 Å². The lowest BCUT2D eigenvalue weighted by molar-refractivity contribution is -0.122. The second-order valence-corrected chi connectivity index (χ2v) is 7.48. The van der Waals surface area contributed by atoms with Gasteiger partial charge in [-0.05, 0) is 61.4 Å². The SMILES string of the molecule is CCOC(=O)c1ccc(-c2ccc(/C=C3/C(=O)NC(=O)N(c4ccc(CC)cc4)C3=O)o2)cc1. The van der Waals surface area contributed by atoms with Crippen LogP contribution >= 0.6 is 0 Å². The number of carbonyl (C=O) groups is 4. The number of amides is 4. The van der Waals surface area contributed by atoms with E-state index >= 15 is 0 Å². The van der Waals surface area contributed by atoms with Gasteiger partial charge in [-0.15, -0.1) is 0 Å². The highest BCUT2D eigenvalue weighted by Crippen LogP contribution is 2.26. The van der Waals surface area contributed by atoms with Gasteiger partial charge in [0.1, 0.15) is 17.1 Å². The molecule has 0 atom stereocenters. The zero-order valence-electron chi connectivity index (χ0n) is 18.7. The fourth-order valence-corrected chi connectivity index (χ4v) is 3.49. The van der Waals surface area contributed by atoms with E-state index in [0.29, 0.717) is 22.6 Å². The number of nitrogens with one attached hydrogen (secondary N) is 1. The molecule has 1 N–H and O–H groups in total. The summed E-state index contributed by atoms with van der Waals surface area (Å²) in [6.07, 6.45) is 2.12. The Morgan fingerprint density at radius 2 is 1.68 bits per heavy atom. The first-order valence-corrected chi connectivity index (χ1v) is 10.8. The summed E-state index contributed by atoms with van der Waals surface area (Å²) >= 11 is 0. The summed E-state index contributed by atoms with van der Waals surface area (Å²) in [5.74, 6) is -1.21. The number of ether oxygens (including phenoxy) is 1. The normalized spacial score (nSPS) is 14.9. The molecule has 0 saturated carbocycles. The first kappa shape index (κ1) is 22.7. The number of anilines is 1. The van der Waals surface area contributed by atoms with Crippen molar-refractivity contribution in [3.8, 4) is 11.3 Å². The minimum absolute atomic E-state index is 0.224. The lowest BCUT2D eigenvalue weighted by Gasteiger charge is -2.26. The third-order valence-electron chi connectivity index (χ3n) is 5.30. The molecule has 4 rings (SSSR count). The van der Waals surface area contributed by atoms with E-state index in [1.54, 1.807) is 55.5 Å². The van der Waals surface area contributed by atoms with E-state index in [0.717, 1.165) is 16.9 Å². The molecular formula is C26H22N2O6. The van der Waals surface area contributed by atoms with Crippen LogP contribution in [0.1, 0.15) is 35.5 Å². The van der Waals surface area contributed by atoms with E-state index in [1.165, 1.54) is 6.08 Å². The molecule has 1 saturated heterocycles. The molecule has 8 nitrogen and oxygen atoms in total. The Balaban J connectivity index is 1.58. The van der Waals surface area contributed by atoms with Gasteiger partial charge >= 0.3 is 12.0 Å². The van der Waals surface area contributed by atoms with Gasteiger partial charge in [0.05, 0.1) is 17.9 Å². The number of imide groups is 2. The zero-order chi connectivity index (χ0) is 24.2. The molecule has 34 heavy (non-hydrogen) atoms. The lowest BCUT2D eigenvalue weighted by Crippen LogP contribution is -2.54. The smallest absolute Gasteiger partial charge is 0.338 e.